The van der Waals surface area contributed by atoms with E-state index in [0.29, 0.717) is 11.8 Å². The van der Waals surface area contributed by atoms with E-state index in [2.05, 4.69) is 0 Å². The first-order valence-corrected chi connectivity index (χ1v) is 7.01. The topological polar surface area (TPSA) is 70.7 Å². The van der Waals surface area contributed by atoms with Gasteiger partial charge in [-0.1, -0.05) is 23.8 Å². The zero-order valence-corrected chi connectivity index (χ0v) is 12.4. The number of benzene rings is 2. The third-order valence-electron chi connectivity index (χ3n) is 3.62. The lowest BCUT2D eigenvalue weighted by Gasteiger charge is -2.08. The van der Waals surface area contributed by atoms with Crippen LogP contribution in [0.3, 0.4) is 0 Å². The maximum Gasteiger partial charge on any atom is 0.204 e. The van der Waals surface area contributed by atoms with Crippen molar-refractivity contribution in [3.63, 3.8) is 0 Å². The van der Waals surface area contributed by atoms with E-state index in [9.17, 15) is 15.0 Å². The minimum absolute atomic E-state index is 0.0849. The SMILES string of the molecule is CC(C)=CCc1ccc(O)c2oc3cccc(O)c3c(=O)c12. The average Bonchev–Trinajstić information content (AvgIpc) is 2.47. The van der Waals surface area contributed by atoms with Gasteiger partial charge < -0.3 is 14.6 Å². The number of aromatic hydroxyl groups is 2. The normalized spacial score (nSPS) is 11.0. The Morgan fingerprint density at radius 3 is 2.59 bits per heavy atom. The molecular formula is C18H16O4. The molecule has 0 amide bonds. The van der Waals surface area contributed by atoms with Gasteiger partial charge in [-0.2, -0.15) is 0 Å². The van der Waals surface area contributed by atoms with E-state index in [1.165, 1.54) is 12.1 Å². The van der Waals surface area contributed by atoms with Crippen LogP contribution in [0.15, 0.2) is 51.2 Å². The molecule has 0 aliphatic carbocycles. The molecular weight excluding hydrogens is 280 g/mol. The minimum atomic E-state index is -0.331. The Morgan fingerprint density at radius 2 is 1.86 bits per heavy atom. The highest BCUT2D eigenvalue weighted by Crippen LogP contribution is 2.31. The number of rotatable bonds is 2. The maximum atomic E-state index is 12.8. The largest absolute Gasteiger partial charge is 0.507 e. The number of allylic oxidation sites excluding steroid dienone is 2. The Kier molecular flexibility index (Phi) is 3.37. The average molecular weight is 296 g/mol. The Morgan fingerprint density at radius 1 is 1.09 bits per heavy atom. The summed E-state index contributed by atoms with van der Waals surface area (Å²) in [5, 5.41) is 20.4. The van der Waals surface area contributed by atoms with Crippen LogP contribution in [0.25, 0.3) is 21.9 Å². The van der Waals surface area contributed by atoms with Crippen LogP contribution in [0.5, 0.6) is 11.5 Å². The number of phenols is 2. The van der Waals surface area contributed by atoms with Gasteiger partial charge in [0.1, 0.15) is 16.7 Å². The first kappa shape index (κ1) is 14.2. The van der Waals surface area contributed by atoms with E-state index in [0.717, 1.165) is 11.1 Å². The van der Waals surface area contributed by atoms with Crippen molar-refractivity contribution in [1.82, 2.24) is 0 Å². The molecule has 2 N–H and O–H groups in total. The quantitative estimate of drug-likeness (QED) is 0.556. The second kappa shape index (κ2) is 5.22. The van der Waals surface area contributed by atoms with Gasteiger partial charge >= 0.3 is 0 Å². The summed E-state index contributed by atoms with van der Waals surface area (Å²) >= 11 is 0. The van der Waals surface area contributed by atoms with E-state index in [4.69, 9.17) is 4.42 Å². The lowest BCUT2D eigenvalue weighted by molar-refractivity contribution is 0.466. The molecule has 22 heavy (non-hydrogen) atoms. The zero-order chi connectivity index (χ0) is 15.9. The zero-order valence-electron chi connectivity index (χ0n) is 12.4. The molecule has 1 aromatic heterocycles. The van der Waals surface area contributed by atoms with Crippen LogP contribution in [0.2, 0.25) is 0 Å². The van der Waals surface area contributed by atoms with Crippen molar-refractivity contribution in [3.8, 4) is 11.5 Å². The van der Waals surface area contributed by atoms with Crippen LogP contribution in [0.1, 0.15) is 19.4 Å². The Bertz CT molecular complexity index is 960. The van der Waals surface area contributed by atoms with Gasteiger partial charge in [0.2, 0.25) is 5.43 Å². The van der Waals surface area contributed by atoms with Gasteiger partial charge in [0.25, 0.3) is 0 Å². The molecule has 4 nitrogen and oxygen atoms in total. The molecule has 1 heterocycles. The van der Waals surface area contributed by atoms with Crippen molar-refractivity contribution in [2.75, 3.05) is 0 Å². The molecule has 0 spiro atoms. The molecule has 112 valence electrons. The van der Waals surface area contributed by atoms with Gasteiger partial charge in [0, 0.05) is 0 Å². The molecule has 2 aromatic carbocycles. The number of phenolic OH excluding ortho intramolecular Hbond substituents is 2. The molecule has 4 heteroatoms. The van der Waals surface area contributed by atoms with Crippen LogP contribution in [0.4, 0.5) is 0 Å². The Labute approximate surface area is 126 Å². The lowest BCUT2D eigenvalue weighted by Crippen LogP contribution is -2.05. The molecule has 0 saturated heterocycles. The molecule has 0 bridgehead atoms. The molecule has 0 saturated carbocycles. The van der Waals surface area contributed by atoms with Crippen molar-refractivity contribution in [2.24, 2.45) is 0 Å². The van der Waals surface area contributed by atoms with Crippen LogP contribution in [-0.2, 0) is 6.42 Å². The van der Waals surface area contributed by atoms with E-state index in [1.54, 1.807) is 18.2 Å². The highest BCUT2D eigenvalue weighted by Gasteiger charge is 2.16. The lowest BCUT2D eigenvalue weighted by atomic mass is 10.0. The fourth-order valence-electron chi connectivity index (χ4n) is 2.52. The summed E-state index contributed by atoms with van der Waals surface area (Å²) in [6.07, 6.45) is 2.56. The summed E-state index contributed by atoms with van der Waals surface area (Å²) in [7, 11) is 0. The van der Waals surface area contributed by atoms with Crippen LogP contribution < -0.4 is 5.43 Å². The van der Waals surface area contributed by atoms with Crippen molar-refractivity contribution in [3.05, 3.63) is 57.8 Å². The van der Waals surface area contributed by atoms with E-state index < -0.39 is 0 Å². The predicted octanol–water partition coefficient (Wildman–Crippen LogP) is 3.87. The summed E-state index contributed by atoms with van der Waals surface area (Å²) in [6.45, 7) is 3.96. The summed E-state index contributed by atoms with van der Waals surface area (Å²) in [5.41, 5.74) is 1.97. The summed E-state index contributed by atoms with van der Waals surface area (Å²) < 4.78 is 5.66. The van der Waals surface area contributed by atoms with Gasteiger partial charge in [-0.15, -0.1) is 0 Å². The number of fused-ring (bicyclic) bond motifs is 2. The van der Waals surface area contributed by atoms with Gasteiger partial charge in [0.15, 0.2) is 11.3 Å². The van der Waals surface area contributed by atoms with Crippen molar-refractivity contribution >= 4 is 21.9 Å². The second-order valence-corrected chi connectivity index (χ2v) is 5.51. The standard InChI is InChI=1S/C18H16O4/c1-10(2)6-7-11-8-9-13(20)18-15(11)17(21)16-12(19)4-3-5-14(16)22-18/h3-6,8-9,19-20H,7H2,1-2H3. The van der Waals surface area contributed by atoms with Crippen LogP contribution in [-0.4, -0.2) is 10.2 Å². The van der Waals surface area contributed by atoms with Gasteiger partial charge in [-0.05, 0) is 44.0 Å². The Balaban J connectivity index is 2.45. The fraction of sp³-hybridized carbons (Fsp3) is 0.167. The molecule has 0 unspecified atom stereocenters. The van der Waals surface area contributed by atoms with Crippen molar-refractivity contribution < 1.29 is 14.6 Å². The molecule has 0 aliphatic rings. The fourth-order valence-corrected chi connectivity index (χ4v) is 2.52. The summed E-state index contributed by atoms with van der Waals surface area (Å²) in [5.74, 6) is -0.206. The van der Waals surface area contributed by atoms with E-state index in [1.807, 2.05) is 19.9 Å². The highest BCUT2D eigenvalue weighted by atomic mass is 16.4. The number of hydrogen-bond donors (Lipinski definition) is 2. The van der Waals surface area contributed by atoms with E-state index in [-0.39, 0.29) is 33.5 Å². The summed E-state index contributed by atoms with van der Waals surface area (Å²) in [4.78, 5) is 12.8. The Hall–Kier alpha value is -2.75. The molecule has 0 atom stereocenters. The monoisotopic (exact) mass is 296 g/mol. The van der Waals surface area contributed by atoms with Crippen LogP contribution in [0, 0.1) is 0 Å². The van der Waals surface area contributed by atoms with Crippen LogP contribution >= 0.6 is 0 Å². The molecule has 0 fully saturated rings. The first-order chi connectivity index (χ1) is 10.5. The minimum Gasteiger partial charge on any atom is -0.507 e. The molecule has 0 radical (unpaired) electrons. The smallest absolute Gasteiger partial charge is 0.204 e. The number of hydrogen-bond acceptors (Lipinski definition) is 4. The van der Waals surface area contributed by atoms with Gasteiger partial charge in [-0.25, -0.2) is 0 Å². The predicted molar refractivity (Wildman–Crippen MR) is 86.5 cm³/mol. The maximum absolute atomic E-state index is 12.8. The first-order valence-electron chi connectivity index (χ1n) is 7.01. The van der Waals surface area contributed by atoms with Gasteiger partial charge in [0.05, 0.1) is 5.39 Å². The molecule has 3 aromatic rings. The second-order valence-electron chi connectivity index (χ2n) is 5.51. The van der Waals surface area contributed by atoms with E-state index >= 15 is 0 Å². The third-order valence-corrected chi connectivity index (χ3v) is 3.62. The highest BCUT2D eigenvalue weighted by molar-refractivity contribution is 5.96. The van der Waals surface area contributed by atoms with Gasteiger partial charge in [-0.3, -0.25) is 4.79 Å². The van der Waals surface area contributed by atoms with Crippen molar-refractivity contribution in [2.45, 2.75) is 20.3 Å². The third kappa shape index (κ3) is 2.22. The molecule has 0 aliphatic heterocycles. The van der Waals surface area contributed by atoms with Crippen molar-refractivity contribution in [1.29, 1.82) is 0 Å². The summed E-state index contributed by atoms with van der Waals surface area (Å²) in [6, 6.07) is 7.87. The molecule has 3 rings (SSSR count).